The van der Waals surface area contributed by atoms with Gasteiger partial charge in [-0.25, -0.2) is 0 Å². The van der Waals surface area contributed by atoms with Crippen LogP contribution >= 0.6 is 0 Å². The highest BCUT2D eigenvalue weighted by molar-refractivity contribution is 6.74. The topological polar surface area (TPSA) is 222 Å². The van der Waals surface area contributed by atoms with Gasteiger partial charge in [-0.2, -0.15) is 0 Å². The minimum Gasteiger partial charge on any atom is -0.462 e. The number of carbonyl (C=O) groups excluding carboxylic acids is 2. The molecule has 24 heteroatoms. The molecule has 9 heterocycles. The van der Waals surface area contributed by atoms with Crippen LogP contribution in [0, 0.1) is 23.2 Å². The molecule has 0 saturated carbocycles. The van der Waals surface area contributed by atoms with Crippen LogP contribution < -0.4 is 0 Å². The highest BCUT2D eigenvalue weighted by Gasteiger charge is 2.63. The van der Waals surface area contributed by atoms with E-state index in [2.05, 4.69) is 98.4 Å². The molecule has 1 spiro atoms. The van der Waals surface area contributed by atoms with Crippen LogP contribution in [0.2, 0.25) is 18.1 Å². The van der Waals surface area contributed by atoms with Gasteiger partial charge in [0.05, 0.1) is 55.3 Å². The molecule has 9 aliphatic rings. The molecular formula is C71H106BF2N5O15Si. The molecule has 526 valence electrons. The lowest BCUT2D eigenvalue weighted by Crippen LogP contribution is -2.61. The number of nitrogens with zero attached hydrogens (tertiary/aromatic N) is 5. The average molecular weight is 1350 g/mol. The summed E-state index contributed by atoms with van der Waals surface area (Å²) < 4.78 is 115. The minimum atomic E-state index is -4.29. The predicted octanol–water partition coefficient (Wildman–Crippen LogP) is 13.1. The van der Waals surface area contributed by atoms with Crippen LogP contribution in [-0.4, -0.2) is 171 Å². The van der Waals surface area contributed by atoms with Gasteiger partial charge in [-0.05, 0) is 136 Å². The molecule has 1 aliphatic carbocycles. The quantitative estimate of drug-likeness (QED) is 0.0275. The van der Waals surface area contributed by atoms with Crippen molar-refractivity contribution in [2.75, 3.05) is 27.4 Å². The Morgan fingerprint density at radius 2 is 1.65 bits per heavy atom. The van der Waals surface area contributed by atoms with Crippen molar-refractivity contribution in [3.63, 3.8) is 0 Å². The predicted molar refractivity (Wildman–Crippen MR) is 358 cm³/mol. The van der Waals surface area contributed by atoms with E-state index >= 15 is 13.4 Å². The van der Waals surface area contributed by atoms with Gasteiger partial charge in [0.2, 0.25) is 0 Å². The Morgan fingerprint density at radius 3 is 2.34 bits per heavy atom. The number of aromatic nitrogens is 1. The smallest absolute Gasteiger partial charge is 0.462 e. The first-order chi connectivity index (χ1) is 44.7. The van der Waals surface area contributed by atoms with E-state index in [4.69, 9.17) is 62.1 Å². The van der Waals surface area contributed by atoms with E-state index in [1.807, 2.05) is 38.2 Å². The van der Waals surface area contributed by atoms with Crippen LogP contribution in [0.5, 0.6) is 0 Å². The van der Waals surface area contributed by atoms with Gasteiger partial charge in [0.25, 0.3) is 0 Å². The molecule has 1 N–H and O–H groups in total. The summed E-state index contributed by atoms with van der Waals surface area (Å²) in [6, 6.07) is 3.34. The summed E-state index contributed by atoms with van der Waals surface area (Å²) in [6.07, 6.45) is 11.3. The normalized spacial score (nSPS) is 38.9. The zero-order valence-electron chi connectivity index (χ0n) is 59.1. The third-order valence-electron chi connectivity index (χ3n) is 22.4. The first-order valence-corrected chi connectivity index (χ1v) is 37.6. The third-order valence-corrected chi connectivity index (χ3v) is 26.9. The Kier molecular flexibility index (Phi) is 21.9. The molecule has 1 aromatic rings. The van der Waals surface area contributed by atoms with Crippen molar-refractivity contribution in [2.45, 2.75) is 282 Å². The lowest BCUT2D eigenvalue weighted by Gasteiger charge is -2.55. The van der Waals surface area contributed by atoms with Crippen LogP contribution in [-0.2, 0) is 72.5 Å². The van der Waals surface area contributed by atoms with E-state index < -0.39 is 124 Å². The number of aliphatic hydroxyl groups is 1. The van der Waals surface area contributed by atoms with Crippen molar-refractivity contribution in [1.29, 1.82) is 0 Å². The Balaban J connectivity index is 0.848. The number of ether oxygens (including phenoxy) is 11. The van der Waals surface area contributed by atoms with Crippen molar-refractivity contribution in [2.24, 2.45) is 28.3 Å². The summed E-state index contributed by atoms with van der Waals surface area (Å²) in [6.45, 7) is 27.7. The summed E-state index contributed by atoms with van der Waals surface area (Å²) in [5.41, 5.74) is 9.62. The number of fused-ring (bicyclic) bond motifs is 4. The van der Waals surface area contributed by atoms with E-state index in [1.54, 1.807) is 44.4 Å². The summed E-state index contributed by atoms with van der Waals surface area (Å²) in [4.78, 5) is 31.6. The molecule has 1 aromatic heterocycles. The lowest BCUT2D eigenvalue weighted by atomic mass is 9.70. The molecule has 5 saturated heterocycles. The lowest BCUT2D eigenvalue weighted by molar-refractivity contribution is -0.367. The second-order valence-electron chi connectivity index (χ2n) is 30.9. The summed E-state index contributed by atoms with van der Waals surface area (Å²) >= 11 is 0. The molecule has 10 rings (SSSR count). The standard InChI is InChI=1S/C71H106BF2N5O15Si/c1-18-68(11,12)64-44(4)31-33-70(92-64)40-53-39-69(13,94-70)32-30-43(3)60(42(2)21-19-22-48-41-85-65-61(93-95(16,17)67(8,9)10)45(5)35-54(66(81)88-53)71(48,65)82)90-58-38-56(84-15)63(47(7)87-58)91-59-37-55(83-14)62(46(6)86-59)89-57(80)29-28-50-25-27-52-36-51-26-24-49(23-20-34-76-77-75)78(51)72(73,74)79(50)52/h19,21-22,24-27,30,35-36,42,44,46-47,53-56,58-65,82H,18,20,23,28-29,31-34,37-41H2,1-17H3/b21-19+,43-30+,48-22+/t42-,44-,46-,47-,53-,54-,55-,56-,58-,59-,60-,61+,62-,63-,64-,65+,69+,70-,71+/m0/s1. The maximum absolute atomic E-state index is 16.5. The fraction of sp³-hybridized carbons (Fsp3) is 0.732. The zero-order chi connectivity index (χ0) is 69.0. The maximum Gasteiger partial charge on any atom is 0.737 e. The highest BCUT2D eigenvalue weighted by atomic mass is 28.4. The number of rotatable bonds is 18. The number of hydrogen-bond acceptors (Lipinski definition) is 16. The zero-order valence-corrected chi connectivity index (χ0v) is 60.1. The van der Waals surface area contributed by atoms with E-state index in [0.29, 0.717) is 73.3 Å². The van der Waals surface area contributed by atoms with Crippen LogP contribution in [0.15, 0.2) is 82.2 Å². The molecule has 95 heavy (non-hydrogen) atoms. The van der Waals surface area contributed by atoms with Gasteiger partial charge in [-0.1, -0.05) is 90.9 Å². The summed E-state index contributed by atoms with van der Waals surface area (Å²) in [7, 11) is 0.728. The number of hydrogen-bond donors (Lipinski definition) is 1. The molecule has 20 nitrogen and oxygen atoms in total. The first-order valence-electron chi connectivity index (χ1n) is 34.7. The van der Waals surface area contributed by atoms with Gasteiger partial charge in [0.1, 0.15) is 41.6 Å². The number of halogens is 2. The molecule has 8 aliphatic heterocycles. The van der Waals surface area contributed by atoms with E-state index in [0.717, 1.165) is 33.0 Å². The fourth-order valence-corrected chi connectivity index (χ4v) is 17.1. The van der Waals surface area contributed by atoms with Gasteiger partial charge >= 0.3 is 18.9 Å². The molecule has 19 atom stereocenters. The number of methoxy groups -OCH3 is 2. The molecule has 2 bridgehead atoms. The molecule has 0 radical (unpaired) electrons. The molecule has 0 unspecified atom stereocenters. The SMILES string of the molecule is CCC(C)(C)[C@H]1O[C@]2(CC[C@@H]1C)C[C@@H]1C[C@@](C)(C/C=C(\C)[C@@H](O[C@H]3C[C@H](OC)[C@@H](O[C@H]4C[C@H](OC)[C@@H](OC(=O)CCC5=[N+]6C(=Cc7ccc(CCCN=[N+]=[N-])n7[B-]6(F)F)C=C5)[C@H](C)O4)[C@H](C)O3)[C@@H](C)/C=C/C=C3\CO[C@@H]4[C@H](O[Si](C)(C)C(C)(C)C)C(C)=C[C@@H](C(=O)O1)[C@]34O)O2. The highest BCUT2D eigenvalue weighted by Crippen LogP contribution is 2.53. The van der Waals surface area contributed by atoms with Crippen molar-refractivity contribution in [3.8, 4) is 0 Å². The van der Waals surface area contributed by atoms with Gasteiger partial charge in [0, 0.05) is 94.0 Å². The second kappa shape index (κ2) is 28.5. The first kappa shape index (κ1) is 73.1. The largest absolute Gasteiger partial charge is 0.737 e. The van der Waals surface area contributed by atoms with Crippen LogP contribution in [0.3, 0.4) is 0 Å². The van der Waals surface area contributed by atoms with E-state index in [1.165, 1.54) is 7.11 Å². The number of azide groups is 1. The summed E-state index contributed by atoms with van der Waals surface area (Å²) in [5.74, 6) is -3.23. The van der Waals surface area contributed by atoms with Gasteiger partial charge in [-0.3, -0.25) is 9.59 Å². The average Bonchev–Trinajstić information content (AvgIpc) is 1.59. The number of aryl methyl sites for hydroxylation is 1. The molecule has 0 aromatic carbocycles. The summed E-state index contributed by atoms with van der Waals surface area (Å²) in [5, 5.41) is 16.8. The number of esters is 2. The van der Waals surface area contributed by atoms with Crippen molar-refractivity contribution < 1.29 is 84.3 Å². The number of allylic oxidation sites excluding steroid dienone is 4. The van der Waals surface area contributed by atoms with Crippen molar-refractivity contribution in [3.05, 3.63) is 98.9 Å². The molecular weight excluding hydrogens is 1240 g/mol. The third kappa shape index (κ3) is 15.0. The second-order valence-corrected chi connectivity index (χ2v) is 35.6. The molecule has 5 fully saturated rings. The van der Waals surface area contributed by atoms with E-state index in [-0.39, 0.29) is 60.8 Å². The van der Waals surface area contributed by atoms with Crippen molar-refractivity contribution >= 4 is 39.0 Å². The van der Waals surface area contributed by atoms with Crippen molar-refractivity contribution in [1.82, 2.24) is 4.48 Å². The van der Waals surface area contributed by atoms with Gasteiger partial charge in [-0.15, -0.1) is 0 Å². The Hall–Kier alpha value is -4.66. The number of carbonyl (C=O) groups is 2. The fourth-order valence-electron chi connectivity index (χ4n) is 15.8. The monoisotopic (exact) mass is 1350 g/mol. The van der Waals surface area contributed by atoms with Crippen LogP contribution in [0.4, 0.5) is 8.63 Å². The minimum absolute atomic E-state index is 0.00280. The van der Waals surface area contributed by atoms with Gasteiger partial charge in [0.15, 0.2) is 38.5 Å². The molecule has 0 amide bonds. The Labute approximate surface area is 561 Å². The van der Waals surface area contributed by atoms with Crippen LogP contribution in [0.1, 0.15) is 172 Å². The Bertz CT molecular complexity index is 3280. The van der Waals surface area contributed by atoms with Gasteiger partial charge < -0.3 is 79.2 Å². The Morgan fingerprint density at radius 1 is 0.958 bits per heavy atom. The van der Waals surface area contributed by atoms with Crippen LogP contribution in [0.25, 0.3) is 16.5 Å². The maximum atomic E-state index is 16.5. The van der Waals surface area contributed by atoms with E-state index in [9.17, 15) is 9.90 Å².